The normalized spacial score (nSPS) is 17.2. The van der Waals surface area contributed by atoms with Crippen molar-refractivity contribution >= 4 is 16.7 Å². The zero-order valence-electron chi connectivity index (χ0n) is 11.2. The molecule has 4 nitrogen and oxygen atoms in total. The summed E-state index contributed by atoms with van der Waals surface area (Å²) in [5.74, 6) is -0.867. The van der Waals surface area contributed by atoms with Gasteiger partial charge in [0.2, 0.25) is 5.43 Å². The minimum atomic E-state index is -0.571. The number of pyridine rings is 1. The van der Waals surface area contributed by atoms with Gasteiger partial charge in [-0.25, -0.2) is 4.39 Å². The number of ketones is 1. The van der Waals surface area contributed by atoms with Crippen LogP contribution >= 0.6 is 0 Å². The number of hydrogen-bond acceptors (Lipinski definition) is 3. The predicted octanol–water partition coefficient (Wildman–Crippen LogP) is 2.53. The second-order valence-electron chi connectivity index (χ2n) is 6.07. The first-order valence-electron chi connectivity index (χ1n) is 6.40. The number of nitrogens with zero attached hydrogens (tertiary/aromatic N) is 1. The first-order valence-corrected chi connectivity index (χ1v) is 6.40. The van der Waals surface area contributed by atoms with E-state index in [9.17, 15) is 19.2 Å². The molecular formula is C15H14FNO3. The molecule has 0 amide bonds. The second kappa shape index (κ2) is 3.91. The van der Waals surface area contributed by atoms with Crippen molar-refractivity contribution in [1.82, 2.24) is 4.73 Å². The number of halogens is 1. The van der Waals surface area contributed by atoms with Gasteiger partial charge < -0.3 is 5.21 Å². The Balaban J connectivity index is 2.45. The maximum Gasteiger partial charge on any atom is 0.200 e. The van der Waals surface area contributed by atoms with Crippen LogP contribution in [0, 0.1) is 11.2 Å². The molecule has 1 aromatic carbocycles. The van der Waals surface area contributed by atoms with Crippen LogP contribution in [0.4, 0.5) is 4.39 Å². The third kappa shape index (κ3) is 1.73. The summed E-state index contributed by atoms with van der Waals surface area (Å²) in [6.45, 7) is 3.82. The van der Waals surface area contributed by atoms with E-state index in [0.29, 0.717) is 12.1 Å². The topological polar surface area (TPSA) is 59.3 Å². The van der Waals surface area contributed by atoms with E-state index < -0.39 is 11.2 Å². The first-order chi connectivity index (χ1) is 9.30. The van der Waals surface area contributed by atoms with Crippen molar-refractivity contribution in [1.29, 1.82) is 0 Å². The molecule has 2 aromatic rings. The van der Waals surface area contributed by atoms with Crippen molar-refractivity contribution in [3.63, 3.8) is 0 Å². The van der Waals surface area contributed by atoms with Gasteiger partial charge in [0.25, 0.3) is 0 Å². The van der Waals surface area contributed by atoms with Gasteiger partial charge in [-0.1, -0.05) is 13.8 Å². The van der Waals surface area contributed by atoms with Gasteiger partial charge in [-0.2, -0.15) is 4.73 Å². The third-order valence-electron chi connectivity index (χ3n) is 3.77. The van der Waals surface area contributed by atoms with Crippen molar-refractivity contribution < 1.29 is 14.4 Å². The molecule has 0 radical (unpaired) electrons. The molecule has 0 spiro atoms. The van der Waals surface area contributed by atoms with Gasteiger partial charge in [-0.3, -0.25) is 9.59 Å². The highest BCUT2D eigenvalue weighted by Crippen LogP contribution is 2.34. The number of carbonyl (C=O) groups excluding carboxylic acids is 1. The van der Waals surface area contributed by atoms with E-state index >= 15 is 0 Å². The third-order valence-corrected chi connectivity index (χ3v) is 3.77. The Morgan fingerprint density at radius 2 is 1.95 bits per heavy atom. The first kappa shape index (κ1) is 12.8. The van der Waals surface area contributed by atoms with Crippen molar-refractivity contribution in [3.8, 4) is 0 Å². The highest BCUT2D eigenvalue weighted by molar-refractivity contribution is 6.01. The second-order valence-corrected chi connectivity index (χ2v) is 6.07. The van der Waals surface area contributed by atoms with E-state index in [1.807, 2.05) is 13.8 Å². The molecule has 5 heteroatoms. The number of rotatable bonds is 0. The zero-order valence-corrected chi connectivity index (χ0v) is 11.2. The minimum Gasteiger partial charge on any atom is -0.428 e. The summed E-state index contributed by atoms with van der Waals surface area (Å²) < 4.78 is 14.1. The molecule has 1 heterocycles. The lowest BCUT2D eigenvalue weighted by atomic mass is 9.75. The average molecular weight is 275 g/mol. The summed E-state index contributed by atoms with van der Waals surface area (Å²) in [5.41, 5.74) is -0.282. The van der Waals surface area contributed by atoms with E-state index in [1.165, 1.54) is 12.1 Å². The van der Waals surface area contributed by atoms with E-state index in [0.717, 1.165) is 10.8 Å². The Morgan fingerprint density at radius 1 is 1.25 bits per heavy atom. The van der Waals surface area contributed by atoms with Gasteiger partial charge in [-0.15, -0.1) is 0 Å². The minimum absolute atomic E-state index is 0.00933. The fourth-order valence-corrected chi connectivity index (χ4v) is 2.88. The lowest BCUT2D eigenvalue weighted by Crippen LogP contribution is -2.35. The van der Waals surface area contributed by atoms with Gasteiger partial charge in [0.15, 0.2) is 5.78 Å². The molecular weight excluding hydrogens is 261 g/mol. The summed E-state index contributed by atoms with van der Waals surface area (Å²) in [7, 11) is 0. The number of carbonyl (C=O) groups is 1. The molecule has 104 valence electrons. The van der Waals surface area contributed by atoms with Crippen molar-refractivity contribution in [2.24, 2.45) is 5.41 Å². The summed E-state index contributed by atoms with van der Waals surface area (Å²) in [6.07, 6.45) is 0.670. The van der Waals surface area contributed by atoms with Crippen LogP contribution in [0.15, 0.2) is 23.0 Å². The van der Waals surface area contributed by atoms with Crippen LogP contribution in [-0.4, -0.2) is 15.7 Å². The Hall–Kier alpha value is -2.17. The van der Waals surface area contributed by atoms with Gasteiger partial charge in [0.1, 0.15) is 5.82 Å². The van der Waals surface area contributed by atoms with Crippen LogP contribution in [-0.2, 0) is 6.42 Å². The highest BCUT2D eigenvalue weighted by atomic mass is 19.1. The summed E-state index contributed by atoms with van der Waals surface area (Å²) >= 11 is 0. The molecule has 0 saturated heterocycles. The van der Waals surface area contributed by atoms with Crippen LogP contribution in [0.1, 0.15) is 36.3 Å². The van der Waals surface area contributed by atoms with E-state index in [4.69, 9.17) is 0 Å². The molecule has 1 aromatic heterocycles. The van der Waals surface area contributed by atoms with Crippen LogP contribution in [0.5, 0.6) is 0 Å². The van der Waals surface area contributed by atoms with Crippen LogP contribution < -0.4 is 5.43 Å². The average Bonchev–Trinajstić information content (AvgIpc) is 2.34. The predicted molar refractivity (Wildman–Crippen MR) is 71.8 cm³/mol. The van der Waals surface area contributed by atoms with Crippen molar-refractivity contribution in [3.05, 3.63) is 45.5 Å². The maximum absolute atomic E-state index is 13.3. The van der Waals surface area contributed by atoms with Crippen LogP contribution in [0.25, 0.3) is 10.9 Å². The molecule has 0 unspecified atom stereocenters. The number of Topliss-reactive ketones (excluding diaryl/α,β-unsaturated/α-hetero) is 1. The lowest BCUT2D eigenvalue weighted by Gasteiger charge is -2.30. The standard InChI is InChI=1S/C15H14FNO3/c1-15(2)6-11-13(12(18)7-15)14(19)9-5-8(16)3-4-10(9)17(11)20/h3-5,20H,6-7H2,1-2H3. The number of benzene rings is 1. The highest BCUT2D eigenvalue weighted by Gasteiger charge is 2.35. The largest absolute Gasteiger partial charge is 0.428 e. The quantitative estimate of drug-likeness (QED) is 0.752. The van der Waals surface area contributed by atoms with E-state index in [2.05, 4.69) is 0 Å². The Labute approximate surface area is 114 Å². The molecule has 1 aliphatic rings. The molecule has 20 heavy (non-hydrogen) atoms. The SMILES string of the molecule is CC1(C)CC(=O)c2c(n(O)c3ccc(F)cc3c2=O)C1. The van der Waals surface area contributed by atoms with Gasteiger partial charge in [0.05, 0.1) is 22.2 Å². The molecule has 1 aliphatic carbocycles. The summed E-state index contributed by atoms with van der Waals surface area (Å²) in [5, 5.41) is 10.3. The number of aromatic nitrogens is 1. The van der Waals surface area contributed by atoms with Gasteiger partial charge >= 0.3 is 0 Å². The summed E-state index contributed by atoms with van der Waals surface area (Å²) in [6, 6.07) is 3.58. The van der Waals surface area contributed by atoms with E-state index in [1.54, 1.807) is 0 Å². The Morgan fingerprint density at radius 3 is 2.65 bits per heavy atom. The molecule has 0 fully saturated rings. The molecule has 0 bridgehead atoms. The molecule has 0 saturated carbocycles. The molecule has 3 rings (SSSR count). The fraction of sp³-hybridized carbons (Fsp3) is 0.333. The van der Waals surface area contributed by atoms with Crippen molar-refractivity contribution in [2.75, 3.05) is 0 Å². The van der Waals surface area contributed by atoms with Crippen LogP contribution in [0.3, 0.4) is 0 Å². The van der Waals surface area contributed by atoms with Gasteiger partial charge in [0, 0.05) is 6.42 Å². The van der Waals surface area contributed by atoms with E-state index in [-0.39, 0.29) is 34.1 Å². The van der Waals surface area contributed by atoms with Crippen LogP contribution in [0.2, 0.25) is 0 Å². The smallest absolute Gasteiger partial charge is 0.200 e. The number of hydrogen-bond donors (Lipinski definition) is 1. The fourth-order valence-electron chi connectivity index (χ4n) is 2.88. The van der Waals surface area contributed by atoms with Gasteiger partial charge in [-0.05, 0) is 30.0 Å². The molecule has 0 atom stereocenters. The Bertz CT molecular complexity index is 805. The molecule has 1 N–H and O–H groups in total. The van der Waals surface area contributed by atoms with Crippen molar-refractivity contribution in [2.45, 2.75) is 26.7 Å². The molecule has 0 aliphatic heterocycles. The monoisotopic (exact) mass is 275 g/mol. The Kier molecular flexibility index (Phi) is 2.51. The zero-order chi connectivity index (χ0) is 14.7. The number of fused-ring (bicyclic) bond motifs is 2. The maximum atomic E-state index is 13.3. The lowest BCUT2D eigenvalue weighted by molar-refractivity contribution is 0.0885. The summed E-state index contributed by atoms with van der Waals surface area (Å²) in [4.78, 5) is 24.6.